The van der Waals surface area contributed by atoms with E-state index in [1.807, 2.05) is 13.8 Å². The first-order valence-electron chi connectivity index (χ1n) is 10.8. The molecule has 9 heteroatoms. The van der Waals surface area contributed by atoms with E-state index >= 15 is 0 Å². The maximum absolute atomic E-state index is 13.5. The average molecular weight is 455 g/mol. The predicted octanol–water partition coefficient (Wildman–Crippen LogP) is 2.65. The van der Waals surface area contributed by atoms with Crippen LogP contribution in [-0.2, 0) is 23.0 Å². The third-order valence-corrected chi connectivity index (χ3v) is 7.95. The maximum Gasteiger partial charge on any atom is 0.279 e. The van der Waals surface area contributed by atoms with Gasteiger partial charge in [-0.25, -0.2) is 13.1 Å². The van der Waals surface area contributed by atoms with Gasteiger partial charge < -0.3 is 4.90 Å². The van der Waals surface area contributed by atoms with Gasteiger partial charge in [-0.2, -0.15) is 9.40 Å². The van der Waals surface area contributed by atoms with E-state index in [9.17, 15) is 18.0 Å². The number of carbonyl (C=O) groups excluding carboxylic acids is 1. The Bertz CT molecular complexity index is 1360. The van der Waals surface area contributed by atoms with Crippen LogP contribution in [0, 0.1) is 0 Å². The molecule has 0 aliphatic carbocycles. The number of amides is 1. The Morgan fingerprint density at radius 1 is 1.06 bits per heavy atom. The van der Waals surface area contributed by atoms with E-state index in [0.717, 1.165) is 5.56 Å². The van der Waals surface area contributed by atoms with Crippen molar-refractivity contribution in [1.82, 2.24) is 14.1 Å². The highest BCUT2D eigenvalue weighted by Crippen LogP contribution is 2.32. The summed E-state index contributed by atoms with van der Waals surface area (Å²) in [5, 5.41) is 5.32. The molecule has 0 bridgehead atoms. The number of aromatic nitrogens is 2. The molecule has 32 heavy (non-hydrogen) atoms. The zero-order valence-electron chi connectivity index (χ0n) is 18.4. The van der Waals surface area contributed by atoms with Crippen molar-refractivity contribution in [2.24, 2.45) is 0 Å². The van der Waals surface area contributed by atoms with Gasteiger partial charge in [0.25, 0.3) is 11.5 Å². The molecule has 4 rings (SSSR count). The van der Waals surface area contributed by atoms with Crippen molar-refractivity contribution >= 4 is 32.4 Å². The van der Waals surface area contributed by atoms with E-state index in [0.29, 0.717) is 49.1 Å². The zero-order chi connectivity index (χ0) is 23.0. The molecule has 0 radical (unpaired) electrons. The number of benzene rings is 2. The number of rotatable bonds is 6. The summed E-state index contributed by atoms with van der Waals surface area (Å²) in [5.74, 6) is -0.304. The standard InChI is InChI=1S/C23H26N4O4S/c1-4-25(5-2)32(30,31)17-11-12-20-16(15-17)13-14-26(20)23(29)21-18-9-7-8-10-19(18)22(28)27(6-3)24-21/h7-12,15H,4-6,13-14H2,1-3H3. The van der Waals surface area contributed by atoms with Crippen LogP contribution in [0.2, 0.25) is 0 Å². The van der Waals surface area contributed by atoms with Crippen molar-refractivity contribution in [2.45, 2.75) is 38.6 Å². The Hall–Kier alpha value is -3.04. The van der Waals surface area contributed by atoms with Gasteiger partial charge in [0.1, 0.15) is 0 Å². The predicted molar refractivity (Wildman–Crippen MR) is 124 cm³/mol. The molecule has 0 fully saturated rings. The summed E-state index contributed by atoms with van der Waals surface area (Å²) in [4.78, 5) is 28.0. The fourth-order valence-corrected chi connectivity index (χ4v) is 5.71. The lowest BCUT2D eigenvalue weighted by molar-refractivity contribution is 0.0984. The molecule has 0 atom stereocenters. The van der Waals surface area contributed by atoms with Crippen molar-refractivity contribution in [3.63, 3.8) is 0 Å². The summed E-state index contributed by atoms with van der Waals surface area (Å²) < 4.78 is 28.5. The van der Waals surface area contributed by atoms with Crippen LogP contribution < -0.4 is 10.5 Å². The van der Waals surface area contributed by atoms with E-state index in [2.05, 4.69) is 5.10 Å². The summed E-state index contributed by atoms with van der Waals surface area (Å²) in [5.41, 5.74) is 1.47. The van der Waals surface area contributed by atoms with Gasteiger partial charge in [0.15, 0.2) is 5.69 Å². The Kier molecular flexibility index (Phi) is 5.87. The first-order chi connectivity index (χ1) is 15.3. The van der Waals surface area contributed by atoms with Crippen LogP contribution in [0.15, 0.2) is 52.2 Å². The molecule has 8 nitrogen and oxygen atoms in total. The van der Waals surface area contributed by atoms with Gasteiger partial charge in [-0.3, -0.25) is 9.59 Å². The Morgan fingerprint density at radius 3 is 2.41 bits per heavy atom. The first kappa shape index (κ1) is 22.2. The van der Waals surface area contributed by atoms with E-state index in [4.69, 9.17) is 0 Å². The second-order valence-electron chi connectivity index (χ2n) is 7.60. The number of fused-ring (bicyclic) bond motifs is 2. The van der Waals surface area contributed by atoms with Crippen molar-refractivity contribution in [3.05, 3.63) is 64.1 Å². The largest absolute Gasteiger partial charge is 0.306 e. The smallest absolute Gasteiger partial charge is 0.279 e. The first-order valence-corrected chi connectivity index (χ1v) is 12.2. The van der Waals surface area contributed by atoms with Crippen molar-refractivity contribution in [3.8, 4) is 0 Å². The Morgan fingerprint density at radius 2 is 1.75 bits per heavy atom. The third-order valence-electron chi connectivity index (χ3n) is 5.90. The van der Waals surface area contributed by atoms with Gasteiger partial charge in [0.2, 0.25) is 10.0 Å². The van der Waals surface area contributed by atoms with Gasteiger partial charge in [-0.1, -0.05) is 32.0 Å². The second kappa shape index (κ2) is 8.48. The lowest BCUT2D eigenvalue weighted by atomic mass is 10.1. The van der Waals surface area contributed by atoms with Crippen LogP contribution in [0.4, 0.5) is 5.69 Å². The average Bonchev–Trinajstić information content (AvgIpc) is 3.23. The van der Waals surface area contributed by atoms with Gasteiger partial charge in [0, 0.05) is 37.3 Å². The SMILES string of the molecule is CCN(CC)S(=O)(=O)c1ccc2c(c1)CCN2C(=O)c1nn(CC)c(=O)c2ccccc12. The summed E-state index contributed by atoms with van der Waals surface area (Å²) in [6, 6.07) is 11.9. The van der Waals surface area contributed by atoms with Crippen LogP contribution in [-0.4, -0.2) is 48.0 Å². The topological polar surface area (TPSA) is 92.6 Å². The summed E-state index contributed by atoms with van der Waals surface area (Å²) in [6.45, 7) is 6.99. The minimum atomic E-state index is -3.58. The summed E-state index contributed by atoms with van der Waals surface area (Å²) >= 11 is 0. The Labute approximate surface area is 187 Å². The van der Waals surface area contributed by atoms with Gasteiger partial charge >= 0.3 is 0 Å². The summed E-state index contributed by atoms with van der Waals surface area (Å²) in [6.07, 6.45) is 0.550. The van der Waals surface area contributed by atoms with E-state index in [-0.39, 0.29) is 22.1 Å². The number of sulfonamides is 1. The van der Waals surface area contributed by atoms with E-state index < -0.39 is 10.0 Å². The molecule has 0 saturated carbocycles. The maximum atomic E-state index is 13.5. The fraction of sp³-hybridized carbons (Fsp3) is 0.348. The highest BCUT2D eigenvalue weighted by molar-refractivity contribution is 7.89. The van der Waals surface area contributed by atoms with Crippen molar-refractivity contribution in [2.75, 3.05) is 24.5 Å². The lowest BCUT2D eigenvalue weighted by Crippen LogP contribution is -2.33. The molecule has 1 aromatic heterocycles. The molecule has 1 aliphatic heterocycles. The van der Waals surface area contributed by atoms with Crippen LogP contribution in [0.25, 0.3) is 10.8 Å². The van der Waals surface area contributed by atoms with Crippen LogP contribution in [0.5, 0.6) is 0 Å². The van der Waals surface area contributed by atoms with Crippen LogP contribution in [0.3, 0.4) is 0 Å². The number of carbonyl (C=O) groups is 1. The number of nitrogens with zero attached hydrogens (tertiary/aromatic N) is 4. The lowest BCUT2D eigenvalue weighted by Gasteiger charge is -2.20. The molecule has 0 N–H and O–H groups in total. The minimum Gasteiger partial charge on any atom is -0.306 e. The van der Waals surface area contributed by atoms with Crippen LogP contribution >= 0.6 is 0 Å². The summed E-state index contributed by atoms with van der Waals surface area (Å²) in [7, 11) is -3.58. The molecule has 1 amide bonds. The van der Waals surface area contributed by atoms with Gasteiger partial charge in [-0.15, -0.1) is 0 Å². The number of hydrogen-bond donors (Lipinski definition) is 0. The van der Waals surface area contributed by atoms with Gasteiger partial charge in [0.05, 0.1) is 10.3 Å². The highest BCUT2D eigenvalue weighted by Gasteiger charge is 2.30. The number of anilines is 1. The Balaban J connectivity index is 1.76. The van der Waals surface area contributed by atoms with E-state index in [1.165, 1.54) is 8.99 Å². The highest BCUT2D eigenvalue weighted by atomic mass is 32.2. The minimum absolute atomic E-state index is 0.217. The molecule has 0 unspecified atom stereocenters. The van der Waals surface area contributed by atoms with Crippen LogP contribution in [0.1, 0.15) is 36.8 Å². The number of hydrogen-bond acceptors (Lipinski definition) is 5. The molecule has 168 valence electrons. The molecular formula is C23H26N4O4S. The van der Waals surface area contributed by atoms with E-state index in [1.54, 1.807) is 54.3 Å². The molecule has 2 aromatic carbocycles. The van der Waals surface area contributed by atoms with Crippen molar-refractivity contribution in [1.29, 1.82) is 0 Å². The quantitative estimate of drug-likeness (QED) is 0.571. The second-order valence-corrected chi connectivity index (χ2v) is 9.54. The molecule has 2 heterocycles. The monoisotopic (exact) mass is 454 g/mol. The molecule has 3 aromatic rings. The third kappa shape index (κ3) is 3.51. The van der Waals surface area contributed by atoms with Gasteiger partial charge in [-0.05, 0) is 43.2 Å². The van der Waals surface area contributed by atoms with Crippen molar-refractivity contribution < 1.29 is 13.2 Å². The number of aryl methyl sites for hydroxylation is 1. The fourth-order valence-electron chi connectivity index (χ4n) is 4.20. The normalized spacial score (nSPS) is 13.7. The molecular weight excluding hydrogens is 428 g/mol. The molecule has 1 aliphatic rings. The molecule has 0 saturated heterocycles. The zero-order valence-corrected chi connectivity index (χ0v) is 19.2. The molecule has 0 spiro atoms.